The molecule has 1 aliphatic carbocycles. The number of benzene rings is 1. The highest BCUT2D eigenvalue weighted by molar-refractivity contribution is 5.78. The Hall–Kier alpha value is -2.77. The number of nitro groups is 1. The second-order valence-electron chi connectivity index (χ2n) is 4.93. The molecule has 0 aliphatic heterocycles. The molecule has 1 aromatic carbocycles. The molecule has 8 nitrogen and oxygen atoms in total. The summed E-state index contributed by atoms with van der Waals surface area (Å²) in [7, 11) is 0. The van der Waals surface area contributed by atoms with Gasteiger partial charge in [0.2, 0.25) is 5.91 Å². The van der Waals surface area contributed by atoms with Crippen molar-refractivity contribution in [2.75, 3.05) is 0 Å². The Morgan fingerprint density at radius 1 is 1.38 bits per heavy atom. The van der Waals surface area contributed by atoms with Gasteiger partial charge in [-0.1, -0.05) is 0 Å². The van der Waals surface area contributed by atoms with Crippen LogP contribution in [0.4, 0.5) is 5.69 Å². The van der Waals surface area contributed by atoms with Crippen LogP contribution in [0.25, 0.3) is 11.4 Å². The number of nitrogens with zero attached hydrogens (tertiary/aromatic N) is 3. The number of carbonyl (C=O) groups is 1. The average molecular weight is 287 g/mol. The molecule has 0 bridgehead atoms. The van der Waals surface area contributed by atoms with Gasteiger partial charge in [0.05, 0.1) is 11.3 Å². The number of carbonyl (C=O) groups excluding carboxylic acids is 1. The van der Waals surface area contributed by atoms with Gasteiger partial charge in [0.1, 0.15) is 5.82 Å². The van der Waals surface area contributed by atoms with Crippen molar-refractivity contribution in [2.45, 2.75) is 25.3 Å². The van der Waals surface area contributed by atoms with Crippen LogP contribution < -0.4 is 5.32 Å². The monoisotopic (exact) mass is 287 g/mol. The predicted molar refractivity (Wildman–Crippen MR) is 73.3 cm³/mol. The summed E-state index contributed by atoms with van der Waals surface area (Å²) in [5.41, 5.74) is 0.670. The Labute approximate surface area is 119 Å². The second-order valence-corrected chi connectivity index (χ2v) is 4.93. The minimum atomic E-state index is -0.463. The van der Waals surface area contributed by atoms with Gasteiger partial charge in [0.25, 0.3) is 5.69 Å². The Morgan fingerprint density at radius 2 is 2.10 bits per heavy atom. The summed E-state index contributed by atoms with van der Waals surface area (Å²) in [6.07, 6.45) is 2.23. The van der Waals surface area contributed by atoms with Gasteiger partial charge in [-0.05, 0) is 25.0 Å². The van der Waals surface area contributed by atoms with E-state index in [0.717, 1.165) is 12.8 Å². The maximum atomic E-state index is 11.7. The molecule has 0 unspecified atom stereocenters. The number of aromatic nitrogens is 3. The number of nitrogens with one attached hydrogen (secondary N) is 2. The van der Waals surface area contributed by atoms with Crippen LogP contribution in [0.3, 0.4) is 0 Å². The van der Waals surface area contributed by atoms with Crippen molar-refractivity contribution in [1.82, 2.24) is 20.5 Å². The van der Waals surface area contributed by atoms with E-state index < -0.39 is 4.92 Å². The maximum Gasteiger partial charge on any atom is 0.269 e. The first-order valence-corrected chi connectivity index (χ1v) is 6.57. The highest BCUT2D eigenvalue weighted by Gasteiger charge is 2.23. The number of aromatic amines is 1. The Balaban J connectivity index is 1.68. The first-order chi connectivity index (χ1) is 10.1. The molecule has 0 radical (unpaired) electrons. The van der Waals surface area contributed by atoms with Crippen LogP contribution in [0.2, 0.25) is 0 Å². The first kappa shape index (κ1) is 13.2. The molecular weight excluding hydrogens is 274 g/mol. The van der Waals surface area contributed by atoms with Crippen molar-refractivity contribution in [3.63, 3.8) is 0 Å². The summed E-state index contributed by atoms with van der Waals surface area (Å²) in [4.78, 5) is 26.0. The van der Waals surface area contributed by atoms with E-state index in [9.17, 15) is 14.9 Å². The summed E-state index contributed by atoms with van der Waals surface area (Å²) in [6, 6.07) is 6.26. The number of hydrogen-bond donors (Lipinski definition) is 2. The molecule has 2 N–H and O–H groups in total. The van der Waals surface area contributed by atoms with Gasteiger partial charge in [-0.2, -0.15) is 5.10 Å². The summed E-state index contributed by atoms with van der Waals surface area (Å²) in [5.74, 6) is 0.810. The van der Waals surface area contributed by atoms with Crippen LogP contribution in [-0.4, -0.2) is 32.1 Å². The number of hydrogen-bond acceptors (Lipinski definition) is 5. The molecule has 1 heterocycles. The Kier molecular flexibility index (Phi) is 3.35. The lowest BCUT2D eigenvalue weighted by Crippen LogP contribution is -2.27. The highest BCUT2D eigenvalue weighted by atomic mass is 16.6. The first-order valence-electron chi connectivity index (χ1n) is 6.57. The van der Waals surface area contributed by atoms with Crippen LogP contribution in [0.15, 0.2) is 24.3 Å². The third-order valence-corrected chi connectivity index (χ3v) is 3.14. The topological polar surface area (TPSA) is 114 Å². The van der Waals surface area contributed by atoms with Crippen molar-refractivity contribution in [1.29, 1.82) is 0 Å². The molecule has 1 fully saturated rings. The maximum absolute atomic E-state index is 11.7. The van der Waals surface area contributed by atoms with Gasteiger partial charge in [-0.25, -0.2) is 4.98 Å². The molecule has 21 heavy (non-hydrogen) atoms. The number of nitro benzene ring substituents is 1. The van der Waals surface area contributed by atoms with Crippen molar-refractivity contribution in [3.8, 4) is 11.4 Å². The molecule has 0 spiro atoms. The van der Waals surface area contributed by atoms with E-state index in [0.29, 0.717) is 23.3 Å². The van der Waals surface area contributed by atoms with Crippen LogP contribution in [-0.2, 0) is 11.2 Å². The highest BCUT2D eigenvalue weighted by Crippen LogP contribution is 2.20. The van der Waals surface area contributed by atoms with Gasteiger partial charge in [0.15, 0.2) is 5.82 Å². The molecule has 0 saturated heterocycles. The van der Waals surface area contributed by atoms with E-state index in [-0.39, 0.29) is 18.0 Å². The van der Waals surface area contributed by atoms with E-state index in [1.807, 2.05) is 0 Å². The van der Waals surface area contributed by atoms with Crippen LogP contribution in [0, 0.1) is 10.1 Å². The van der Waals surface area contributed by atoms with Gasteiger partial charge in [0, 0.05) is 23.7 Å². The summed E-state index contributed by atoms with van der Waals surface area (Å²) in [5, 5.41) is 20.2. The third kappa shape index (κ3) is 3.22. The zero-order valence-corrected chi connectivity index (χ0v) is 11.1. The Bertz CT molecular complexity index is 675. The van der Waals surface area contributed by atoms with Crippen molar-refractivity contribution < 1.29 is 9.72 Å². The molecule has 0 atom stereocenters. The zero-order valence-electron chi connectivity index (χ0n) is 11.1. The molecular formula is C13H13N5O3. The molecule has 1 aromatic heterocycles. The lowest BCUT2D eigenvalue weighted by Gasteiger charge is -1.99. The fourth-order valence-corrected chi connectivity index (χ4v) is 1.89. The van der Waals surface area contributed by atoms with Gasteiger partial charge >= 0.3 is 0 Å². The normalized spacial score (nSPS) is 13.9. The van der Waals surface area contributed by atoms with E-state index in [1.54, 1.807) is 12.1 Å². The van der Waals surface area contributed by atoms with Crippen LogP contribution in [0.1, 0.15) is 18.7 Å². The van der Waals surface area contributed by atoms with E-state index in [2.05, 4.69) is 20.5 Å². The quantitative estimate of drug-likeness (QED) is 0.633. The molecule has 1 aliphatic rings. The summed E-state index contributed by atoms with van der Waals surface area (Å²) >= 11 is 0. The minimum Gasteiger partial charge on any atom is -0.353 e. The summed E-state index contributed by atoms with van der Waals surface area (Å²) < 4.78 is 0. The van der Waals surface area contributed by atoms with E-state index in [4.69, 9.17) is 0 Å². The number of non-ortho nitro benzene ring substituents is 1. The fraction of sp³-hybridized carbons (Fsp3) is 0.308. The molecule has 1 amide bonds. The van der Waals surface area contributed by atoms with Crippen LogP contribution >= 0.6 is 0 Å². The molecule has 1 saturated carbocycles. The minimum absolute atomic E-state index is 0.0123. The molecule has 108 valence electrons. The Morgan fingerprint density at radius 3 is 2.71 bits per heavy atom. The third-order valence-electron chi connectivity index (χ3n) is 3.14. The molecule has 2 aromatic rings. The van der Waals surface area contributed by atoms with Gasteiger partial charge in [-0.15, -0.1) is 0 Å². The van der Waals surface area contributed by atoms with Crippen LogP contribution in [0.5, 0.6) is 0 Å². The van der Waals surface area contributed by atoms with Crippen molar-refractivity contribution in [2.24, 2.45) is 0 Å². The largest absolute Gasteiger partial charge is 0.353 e. The van der Waals surface area contributed by atoms with Crippen molar-refractivity contribution in [3.05, 3.63) is 40.2 Å². The fourth-order valence-electron chi connectivity index (χ4n) is 1.89. The summed E-state index contributed by atoms with van der Waals surface area (Å²) in [6.45, 7) is 0. The molecule has 8 heteroatoms. The predicted octanol–water partition coefficient (Wildman–Crippen LogP) is 1.20. The smallest absolute Gasteiger partial charge is 0.269 e. The lowest BCUT2D eigenvalue weighted by atomic mass is 10.2. The number of H-pyrrole nitrogens is 1. The number of amides is 1. The second kappa shape index (κ2) is 5.31. The molecule has 3 rings (SSSR count). The van der Waals surface area contributed by atoms with Crippen molar-refractivity contribution >= 4 is 11.6 Å². The average Bonchev–Trinajstić information content (AvgIpc) is 3.15. The van der Waals surface area contributed by atoms with E-state index in [1.165, 1.54) is 12.1 Å². The standard InChI is InChI=1S/C13H13N5O3/c19-12(14-9-3-4-9)7-11-15-13(17-16-11)8-1-5-10(6-2-8)18(20)21/h1-2,5-6,9H,3-4,7H2,(H,14,19)(H,15,16,17). The zero-order chi connectivity index (χ0) is 14.8. The SMILES string of the molecule is O=C(Cc1nc(-c2ccc([N+](=O)[O-])cc2)n[nH]1)NC1CC1. The lowest BCUT2D eigenvalue weighted by molar-refractivity contribution is -0.384. The van der Waals surface area contributed by atoms with E-state index >= 15 is 0 Å². The van der Waals surface area contributed by atoms with Gasteiger partial charge in [-0.3, -0.25) is 20.0 Å². The number of rotatable bonds is 5. The van der Waals surface area contributed by atoms with Gasteiger partial charge < -0.3 is 5.32 Å².